The molecule has 7 heteroatoms. The summed E-state index contributed by atoms with van der Waals surface area (Å²) in [6.07, 6.45) is 0. The van der Waals surface area contributed by atoms with E-state index in [4.69, 9.17) is 4.74 Å². The van der Waals surface area contributed by atoms with Gasteiger partial charge in [-0.05, 0) is 39.3 Å². The lowest BCUT2D eigenvalue weighted by atomic mass is 10.1. The second-order valence-electron chi connectivity index (χ2n) is 7.88. The maximum Gasteiger partial charge on any atom is 0.251 e. The van der Waals surface area contributed by atoms with Crippen LogP contribution in [0.2, 0.25) is 0 Å². The molecule has 0 bridgehead atoms. The van der Waals surface area contributed by atoms with Gasteiger partial charge in [-0.25, -0.2) is 0 Å². The van der Waals surface area contributed by atoms with Crippen molar-refractivity contribution in [2.45, 2.75) is 52.5 Å². The Bertz CT molecular complexity index is 1010. The number of ether oxygens (including phenoxy) is 1. The first-order valence-electron chi connectivity index (χ1n) is 9.57. The summed E-state index contributed by atoms with van der Waals surface area (Å²) in [5.74, 6) is -0.647. The Hall–Kier alpha value is -3.06. The van der Waals surface area contributed by atoms with Crippen LogP contribution in [0, 0.1) is 0 Å². The first kappa shape index (κ1) is 20.7. The number of benzene rings is 2. The molecule has 29 heavy (non-hydrogen) atoms. The predicted octanol–water partition coefficient (Wildman–Crippen LogP) is 3.32. The summed E-state index contributed by atoms with van der Waals surface area (Å²) in [5, 5.41) is 28.1. The Morgan fingerprint density at radius 2 is 1.83 bits per heavy atom. The van der Waals surface area contributed by atoms with E-state index in [2.05, 4.69) is 10.4 Å². The highest BCUT2D eigenvalue weighted by molar-refractivity contribution is 5.86. The second kappa shape index (κ2) is 8.13. The monoisotopic (exact) mass is 397 g/mol. The molecule has 0 saturated carbocycles. The van der Waals surface area contributed by atoms with E-state index >= 15 is 0 Å². The van der Waals surface area contributed by atoms with E-state index in [-0.39, 0.29) is 30.1 Å². The van der Waals surface area contributed by atoms with E-state index in [1.165, 1.54) is 12.1 Å². The zero-order valence-corrected chi connectivity index (χ0v) is 17.1. The van der Waals surface area contributed by atoms with Crippen LogP contribution in [-0.2, 0) is 22.7 Å². The van der Waals surface area contributed by atoms with Gasteiger partial charge in [0.2, 0.25) is 0 Å². The fourth-order valence-electron chi connectivity index (χ4n) is 3.00. The van der Waals surface area contributed by atoms with Gasteiger partial charge in [0.05, 0.1) is 24.4 Å². The number of nitrogens with one attached hydrogen (secondary N) is 1. The number of aromatic nitrogens is 2. The van der Waals surface area contributed by atoms with Gasteiger partial charge >= 0.3 is 0 Å². The van der Waals surface area contributed by atoms with Gasteiger partial charge in [-0.1, -0.05) is 30.3 Å². The molecule has 154 valence electrons. The van der Waals surface area contributed by atoms with Crippen LogP contribution in [0.25, 0.3) is 10.9 Å². The Labute approximate surface area is 169 Å². The van der Waals surface area contributed by atoms with Crippen molar-refractivity contribution >= 4 is 16.8 Å². The number of carbonyl (C=O) groups excluding carboxylic acids is 1. The number of fused-ring (bicyclic) bond motifs is 1. The zero-order chi connectivity index (χ0) is 21.2. The second-order valence-corrected chi connectivity index (χ2v) is 7.88. The number of aromatic hydroxyl groups is 2. The molecule has 1 aromatic heterocycles. The van der Waals surface area contributed by atoms with Crippen molar-refractivity contribution in [2.75, 3.05) is 0 Å². The Kier molecular flexibility index (Phi) is 5.79. The number of carbonyl (C=O) groups is 1. The average Bonchev–Trinajstić information content (AvgIpc) is 2.97. The van der Waals surface area contributed by atoms with E-state index in [9.17, 15) is 15.0 Å². The Morgan fingerprint density at radius 1 is 1.17 bits per heavy atom. The Balaban J connectivity index is 1.91. The molecule has 0 unspecified atom stereocenters. The molecule has 0 aliphatic rings. The smallest absolute Gasteiger partial charge is 0.251 e. The van der Waals surface area contributed by atoms with Crippen LogP contribution in [0.1, 0.15) is 39.0 Å². The van der Waals surface area contributed by atoms with Gasteiger partial charge in [-0.3, -0.25) is 9.48 Å². The normalized spacial score (nSPS) is 11.9. The third-order valence-electron chi connectivity index (χ3n) is 4.63. The van der Waals surface area contributed by atoms with E-state index in [1.807, 2.05) is 44.2 Å². The molecule has 1 heterocycles. The van der Waals surface area contributed by atoms with Crippen LogP contribution in [0.3, 0.4) is 0 Å². The summed E-state index contributed by atoms with van der Waals surface area (Å²) >= 11 is 0. The highest BCUT2D eigenvalue weighted by atomic mass is 16.5. The van der Waals surface area contributed by atoms with Gasteiger partial charge < -0.3 is 20.3 Å². The molecule has 7 nitrogen and oxygen atoms in total. The molecule has 0 atom stereocenters. The molecular weight excluding hydrogens is 370 g/mol. The lowest BCUT2D eigenvalue weighted by Gasteiger charge is -2.25. The molecule has 3 rings (SSSR count). The predicted molar refractivity (Wildman–Crippen MR) is 111 cm³/mol. The molecule has 0 aliphatic heterocycles. The van der Waals surface area contributed by atoms with Gasteiger partial charge in [0.15, 0.2) is 11.5 Å². The van der Waals surface area contributed by atoms with Crippen LogP contribution < -0.4 is 5.32 Å². The van der Waals surface area contributed by atoms with Crippen molar-refractivity contribution in [1.82, 2.24) is 15.1 Å². The van der Waals surface area contributed by atoms with E-state index in [0.717, 1.165) is 5.56 Å². The van der Waals surface area contributed by atoms with Gasteiger partial charge in [-0.2, -0.15) is 5.10 Å². The number of amides is 1. The number of hydrogen-bond donors (Lipinski definition) is 3. The quantitative estimate of drug-likeness (QED) is 0.532. The van der Waals surface area contributed by atoms with Crippen LogP contribution in [-0.4, -0.2) is 37.5 Å². The summed E-state index contributed by atoms with van der Waals surface area (Å²) in [6, 6.07) is 12.8. The van der Waals surface area contributed by atoms with Crippen LogP contribution >= 0.6 is 0 Å². The zero-order valence-electron chi connectivity index (χ0n) is 17.1. The molecule has 1 amide bonds. The van der Waals surface area contributed by atoms with Crippen LogP contribution in [0.15, 0.2) is 42.5 Å². The molecule has 0 radical (unpaired) electrons. The van der Waals surface area contributed by atoms with Gasteiger partial charge in [-0.15, -0.1) is 0 Å². The van der Waals surface area contributed by atoms with Gasteiger partial charge in [0, 0.05) is 17.5 Å². The largest absolute Gasteiger partial charge is 0.504 e. The minimum absolute atomic E-state index is 0.0104. The molecule has 0 fully saturated rings. The number of rotatable bonds is 7. The summed E-state index contributed by atoms with van der Waals surface area (Å²) in [5.41, 5.74) is 1.26. The summed E-state index contributed by atoms with van der Waals surface area (Å²) in [6.45, 7) is 7.78. The van der Waals surface area contributed by atoms with E-state index in [1.54, 1.807) is 18.5 Å². The number of hydrogen-bond acceptors (Lipinski definition) is 5. The third-order valence-corrected chi connectivity index (χ3v) is 4.63. The molecule has 3 N–H and O–H groups in total. The molecule has 0 spiro atoms. The van der Waals surface area contributed by atoms with Crippen LogP contribution in [0.5, 0.6) is 11.5 Å². The SMILES string of the molecule is CC(C)NC(=O)C(C)(C)OCc1nn(Cc2ccccc2)c2cc(O)c(O)cc12. The van der Waals surface area contributed by atoms with Gasteiger partial charge in [0.1, 0.15) is 5.60 Å². The van der Waals surface area contributed by atoms with Crippen molar-refractivity contribution in [1.29, 1.82) is 0 Å². The molecule has 0 saturated heterocycles. The lowest BCUT2D eigenvalue weighted by Crippen LogP contribution is -2.46. The molecular formula is C22H27N3O4. The highest BCUT2D eigenvalue weighted by Crippen LogP contribution is 2.33. The van der Waals surface area contributed by atoms with Crippen molar-refractivity contribution in [2.24, 2.45) is 0 Å². The average molecular weight is 397 g/mol. The van der Waals surface area contributed by atoms with Crippen LogP contribution in [0.4, 0.5) is 0 Å². The molecule has 0 aliphatic carbocycles. The lowest BCUT2D eigenvalue weighted by molar-refractivity contribution is -0.144. The van der Waals surface area contributed by atoms with Crippen molar-refractivity contribution in [3.05, 3.63) is 53.7 Å². The summed E-state index contributed by atoms with van der Waals surface area (Å²) in [4.78, 5) is 12.4. The number of phenols is 2. The van der Waals surface area contributed by atoms with E-state index in [0.29, 0.717) is 23.1 Å². The minimum Gasteiger partial charge on any atom is -0.504 e. The fourth-order valence-corrected chi connectivity index (χ4v) is 3.00. The standard InChI is InChI=1S/C22H27N3O4/c1-14(2)23-21(28)22(3,4)29-13-17-16-10-19(26)20(27)11-18(16)25(24-17)12-15-8-6-5-7-9-15/h5-11,14,26-27H,12-13H2,1-4H3,(H,23,28). The van der Waals surface area contributed by atoms with Crippen molar-refractivity contribution in [3.8, 4) is 11.5 Å². The van der Waals surface area contributed by atoms with E-state index < -0.39 is 5.60 Å². The third kappa shape index (κ3) is 4.68. The van der Waals surface area contributed by atoms with Gasteiger partial charge in [0.25, 0.3) is 5.91 Å². The Morgan fingerprint density at radius 3 is 2.48 bits per heavy atom. The highest BCUT2D eigenvalue weighted by Gasteiger charge is 2.29. The fraction of sp³-hybridized carbons (Fsp3) is 0.364. The molecule has 2 aromatic carbocycles. The van der Waals surface area contributed by atoms with Crippen molar-refractivity contribution < 1.29 is 19.7 Å². The maximum absolute atomic E-state index is 12.4. The molecule has 3 aromatic rings. The first-order chi connectivity index (χ1) is 13.7. The minimum atomic E-state index is -1.04. The number of phenolic OH excluding ortho intramolecular Hbond substituents is 2. The summed E-state index contributed by atoms with van der Waals surface area (Å²) in [7, 11) is 0. The number of nitrogens with zero attached hydrogens (tertiary/aromatic N) is 2. The topological polar surface area (TPSA) is 96.6 Å². The summed E-state index contributed by atoms with van der Waals surface area (Å²) < 4.78 is 7.64. The first-order valence-corrected chi connectivity index (χ1v) is 9.57. The maximum atomic E-state index is 12.4. The van der Waals surface area contributed by atoms with Crippen molar-refractivity contribution in [3.63, 3.8) is 0 Å².